The van der Waals surface area contributed by atoms with E-state index in [-0.39, 0.29) is 5.54 Å². The maximum atomic E-state index is 5.89. The molecule has 0 amide bonds. The molecule has 2 rings (SSSR count). The van der Waals surface area contributed by atoms with Gasteiger partial charge in [0, 0.05) is 6.07 Å². The first-order valence-corrected chi connectivity index (χ1v) is 4.88. The standard InChI is InChI=1S/C11H15N3O/c1-11(2,3)14-10(12)7-8(13-14)9-5-4-6-15-9/h4-7H,12H2,1-3H3. The lowest BCUT2D eigenvalue weighted by Crippen LogP contribution is -2.24. The number of furan rings is 1. The van der Waals surface area contributed by atoms with E-state index >= 15 is 0 Å². The monoisotopic (exact) mass is 205 g/mol. The molecule has 2 aromatic rings. The zero-order chi connectivity index (χ0) is 11.1. The summed E-state index contributed by atoms with van der Waals surface area (Å²) in [5.41, 5.74) is 6.55. The fraction of sp³-hybridized carbons (Fsp3) is 0.364. The molecule has 0 saturated heterocycles. The number of rotatable bonds is 1. The lowest BCUT2D eigenvalue weighted by atomic mass is 10.1. The van der Waals surface area contributed by atoms with Crippen LogP contribution in [0.4, 0.5) is 5.82 Å². The summed E-state index contributed by atoms with van der Waals surface area (Å²) in [7, 11) is 0. The van der Waals surface area contributed by atoms with E-state index in [0.717, 1.165) is 11.5 Å². The van der Waals surface area contributed by atoms with Crippen LogP contribution in [0.25, 0.3) is 11.5 Å². The predicted molar refractivity (Wildman–Crippen MR) is 59.3 cm³/mol. The Morgan fingerprint density at radius 1 is 1.40 bits per heavy atom. The van der Waals surface area contributed by atoms with Crippen LogP contribution in [0.15, 0.2) is 28.9 Å². The number of anilines is 1. The molecular weight excluding hydrogens is 190 g/mol. The molecule has 2 aromatic heterocycles. The molecule has 0 fully saturated rings. The van der Waals surface area contributed by atoms with Gasteiger partial charge in [0.25, 0.3) is 0 Å². The maximum Gasteiger partial charge on any atom is 0.154 e. The minimum absolute atomic E-state index is 0.116. The minimum Gasteiger partial charge on any atom is -0.463 e. The number of aromatic nitrogens is 2. The predicted octanol–water partition coefficient (Wildman–Crippen LogP) is 2.48. The Bertz CT molecular complexity index is 449. The summed E-state index contributed by atoms with van der Waals surface area (Å²) < 4.78 is 7.07. The number of hydrogen-bond acceptors (Lipinski definition) is 3. The number of nitrogens with zero attached hydrogens (tertiary/aromatic N) is 2. The highest BCUT2D eigenvalue weighted by molar-refractivity contribution is 5.56. The van der Waals surface area contributed by atoms with Crippen LogP contribution in [-0.2, 0) is 5.54 Å². The second-order valence-electron chi connectivity index (χ2n) is 4.51. The van der Waals surface area contributed by atoms with Crippen LogP contribution in [-0.4, -0.2) is 9.78 Å². The van der Waals surface area contributed by atoms with Crippen LogP contribution < -0.4 is 5.73 Å². The second-order valence-corrected chi connectivity index (χ2v) is 4.51. The van der Waals surface area contributed by atoms with Crippen molar-refractivity contribution in [2.75, 3.05) is 5.73 Å². The van der Waals surface area contributed by atoms with Gasteiger partial charge in [-0.2, -0.15) is 5.10 Å². The molecule has 0 aliphatic carbocycles. The van der Waals surface area contributed by atoms with E-state index in [2.05, 4.69) is 25.9 Å². The highest BCUT2D eigenvalue weighted by atomic mass is 16.3. The van der Waals surface area contributed by atoms with E-state index in [4.69, 9.17) is 10.2 Å². The van der Waals surface area contributed by atoms with Crippen molar-refractivity contribution in [2.24, 2.45) is 0 Å². The van der Waals surface area contributed by atoms with Crippen LogP contribution >= 0.6 is 0 Å². The van der Waals surface area contributed by atoms with Crippen molar-refractivity contribution in [3.8, 4) is 11.5 Å². The van der Waals surface area contributed by atoms with Crippen molar-refractivity contribution in [2.45, 2.75) is 26.3 Å². The zero-order valence-electron chi connectivity index (χ0n) is 9.19. The number of hydrogen-bond donors (Lipinski definition) is 1. The summed E-state index contributed by atoms with van der Waals surface area (Å²) in [6, 6.07) is 5.53. The van der Waals surface area contributed by atoms with Crippen LogP contribution in [0.1, 0.15) is 20.8 Å². The third kappa shape index (κ3) is 1.75. The zero-order valence-corrected chi connectivity index (χ0v) is 9.19. The number of nitrogen functional groups attached to an aromatic ring is 1. The molecule has 0 bridgehead atoms. The quantitative estimate of drug-likeness (QED) is 0.778. The highest BCUT2D eigenvalue weighted by Gasteiger charge is 2.19. The van der Waals surface area contributed by atoms with E-state index in [9.17, 15) is 0 Å². The first-order valence-electron chi connectivity index (χ1n) is 4.88. The van der Waals surface area contributed by atoms with E-state index < -0.39 is 0 Å². The maximum absolute atomic E-state index is 5.89. The van der Waals surface area contributed by atoms with Gasteiger partial charge in [0.15, 0.2) is 5.76 Å². The van der Waals surface area contributed by atoms with Crippen LogP contribution in [0.2, 0.25) is 0 Å². The molecular formula is C11H15N3O. The third-order valence-corrected chi connectivity index (χ3v) is 2.15. The van der Waals surface area contributed by atoms with Crippen LogP contribution in [0, 0.1) is 0 Å². The molecule has 15 heavy (non-hydrogen) atoms. The van der Waals surface area contributed by atoms with Crippen molar-refractivity contribution in [1.29, 1.82) is 0 Å². The fourth-order valence-corrected chi connectivity index (χ4v) is 1.48. The van der Waals surface area contributed by atoms with Gasteiger partial charge in [0.1, 0.15) is 11.5 Å². The molecule has 0 spiro atoms. The molecule has 0 aliphatic heterocycles. The summed E-state index contributed by atoms with van der Waals surface area (Å²) in [5, 5.41) is 4.42. The van der Waals surface area contributed by atoms with Gasteiger partial charge in [-0.1, -0.05) is 0 Å². The van der Waals surface area contributed by atoms with E-state index in [1.54, 1.807) is 10.9 Å². The molecule has 4 heteroatoms. The van der Waals surface area contributed by atoms with Crippen molar-refractivity contribution >= 4 is 5.82 Å². The third-order valence-electron chi connectivity index (χ3n) is 2.15. The first kappa shape index (κ1) is 9.83. The van der Waals surface area contributed by atoms with Gasteiger partial charge < -0.3 is 10.2 Å². The van der Waals surface area contributed by atoms with Crippen molar-refractivity contribution in [3.63, 3.8) is 0 Å². The Labute approximate surface area is 88.7 Å². The summed E-state index contributed by atoms with van der Waals surface area (Å²) in [6.07, 6.45) is 1.63. The van der Waals surface area contributed by atoms with Gasteiger partial charge in [-0.15, -0.1) is 0 Å². The average Bonchev–Trinajstić information content (AvgIpc) is 2.68. The van der Waals surface area contributed by atoms with Gasteiger partial charge >= 0.3 is 0 Å². The lowest BCUT2D eigenvalue weighted by Gasteiger charge is -2.20. The van der Waals surface area contributed by atoms with Gasteiger partial charge in [0.2, 0.25) is 0 Å². The van der Waals surface area contributed by atoms with Crippen molar-refractivity contribution in [1.82, 2.24) is 9.78 Å². The van der Waals surface area contributed by atoms with Gasteiger partial charge in [-0.05, 0) is 32.9 Å². The highest BCUT2D eigenvalue weighted by Crippen LogP contribution is 2.25. The molecule has 4 nitrogen and oxygen atoms in total. The van der Waals surface area contributed by atoms with E-state index in [0.29, 0.717) is 5.82 Å². The van der Waals surface area contributed by atoms with Crippen LogP contribution in [0.3, 0.4) is 0 Å². The topological polar surface area (TPSA) is 57.0 Å². The summed E-state index contributed by atoms with van der Waals surface area (Å²) in [4.78, 5) is 0. The molecule has 0 aromatic carbocycles. The lowest BCUT2D eigenvalue weighted by molar-refractivity contribution is 0.362. The average molecular weight is 205 g/mol. The smallest absolute Gasteiger partial charge is 0.154 e. The van der Waals surface area contributed by atoms with Gasteiger partial charge in [-0.3, -0.25) is 0 Å². The SMILES string of the molecule is CC(C)(C)n1nc(-c2ccco2)cc1N. The Kier molecular flexibility index (Phi) is 2.07. The van der Waals surface area contributed by atoms with E-state index in [1.165, 1.54) is 0 Å². The van der Waals surface area contributed by atoms with E-state index in [1.807, 2.05) is 18.2 Å². The van der Waals surface area contributed by atoms with Gasteiger partial charge in [-0.25, -0.2) is 4.68 Å². The molecule has 0 aliphatic rings. The van der Waals surface area contributed by atoms with Crippen LogP contribution in [0.5, 0.6) is 0 Å². The molecule has 0 saturated carbocycles. The summed E-state index contributed by atoms with van der Waals surface area (Å²) >= 11 is 0. The Balaban J connectivity index is 2.47. The number of nitrogens with two attached hydrogens (primary N) is 1. The summed E-state index contributed by atoms with van der Waals surface area (Å²) in [6.45, 7) is 6.17. The summed E-state index contributed by atoms with van der Waals surface area (Å²) in [5.74, 6) is 1.39. The fourth-order valence-electron chi connectivity index (χ4n) is 1.48. The molecule has 0 atom stereocenters. The largest absolute Gasteiger partial charge is 0.463 e. The molecule has 80 valence electrons. The van der Waals surface area contributed by atoms with Gasteiger partial charge in [0.05, 0.1) is 11.8 Å². The molecule has 2 heterocycles. The Hall–Kier alpha value is -1.71. The van der Waals surface area contributed by atoms with Crippen molar-refractivity contribution in [3.05, 3.63) is 24.5 Å². The van der Waals surface area contributed by atoms with Crippen molar-refractivity contribution < 1.29 is 4.42 Å². The molecule has 0 unspecified atom stereocenters. The molecule has 2 N–H and O–H groups in total. The first-order chi connectivity index (χ1) is 6.98. The minimum atomic E-state index is -0.116. The Morgan fingerprint density at radius 2 is 2.13 bits per heavy atom. The normalized spacial score (nSPS) is 11.9. The second kappa shape index (κ2) is 3.15. The Morgan fingerprint density at radius 3 is 2.60 bits per heavy atom. The molecule has 0 radical (unpaired) electrons.